The van der Waals surface area contributed by atoms with E-state index in [0.717, 1.165) is 9.88 Å². The average Bonchev–Trinajstić information content (AvgIpc) is 2.81. The maximum atomic E-state index is 13.2. The quantitative estimate of drug-likeness (QED) is 0.875. The van der Waals surface area contributed by atoms with Crippen LogP contribution in [0.5, 0.6) is 0 Å². The monoisotopic (exact) mass is 280 g/mol. The number of halogens is 1. The van der Waals surface area contributed by atoms with E-state index in [1.54, 1.807) is 17.5 Å². The molecule has 6 heteroatoms. The molecule has 0 amide bonds. The molecule has 0 aliphatic heterocycles. The molecule has 1 N–H and O–H groups in total. The second-order valence-corrected chi connectivity index (χ2v) is 5.20. The van der Waals surface area contributed by atoms with Crippen molar-refractivity contribution in [2.75, 3.05) is 12.4 Å². The van der Waals surface area contributed by atoms with Gasteiger partial charge in [0.05, 0.1) is 29.9 Å². The standard InChI is InChI=1S/C13H13FN2O2S/c1-8-15-6-10(19-8)7-16-12-5-9(14)3-4-11(12)13(17)18-2/h3-6,16H,7H2,1-2H3. The molecule has 0 atom stereocenters. The van der Waals surface area contributed by atoms with Crippen molar-refractivity contribution in [1.29, 1.82) is 0 Å². The van der Waals surface area contributed by atoms with E-state index in [2.05, 4.69) is 15.0 Å². The first-order chi connectivity index (χ1) is 9.10. The number of nitrogens with zero attached hydrogens (tertiary/aromatic N) is 1. The molecule has 0 spiro atoms. The molecule has 4 nitrogen and oxygen atoms in total. The third-order valence-electron chi connectivity index (χ3n) is 2.51. The van der Waals surface area contributed by atoms with Crippen molar-refractivity contribution in [3.8, 4) is 0 Å². The summed E-state index contributed by atoms with van der Waals surface area (Å²) in [5.74, 6) is -0.904. The average molecular weight is 280 g/mol. The van der Waals surface area contributed by atoms with Crippen molar-refractivity contribution in [1.82, 2.24) is 4.98 Å². The van der Waals surface area contributed by atoms with Crippen molar-refractivity contribution in [3.63, 3.8) is 0 Å². The zero-order valence-corrected chi connectivity index (χ0v) is 11.4. The van der Waals surface area contributed by atoms with Crippen LogP contribution in [-0.2, 0) is 11.3 Å². The van der Waals surface area contributed by atoms with Crippen LogP contribution in [0.15, 0.2) is 24.4 Å². The summed E-state index contributed by atoms with van der Waals surface area (Å²) < 4.78 is 17.9. The van der Waals surface area contributed by atoms with Gasteiger partial charge in [0.1, 0.15) is 5.82 Å². The first kappa shape index (κ1) is 13.5. The number of aryl methyl sites for hydroxylation is 1. The molecule has 0 aliphatic carbocycles. The van der Waals surface area contributed by atoms with Crippen LogP contribution in [0.4, 0.5) is 10.1 Å². The zero-order valence-electron chi connectivity index (χ0n) is 10.6. The first-order valence-corrected chi connectivity index (χ1v) is 6.45. The van der Waals surface area contributed by atoms with Crippen LogP contribution in [0.2, 0.25) is 0 Å². The number of anilines is 1. The highest BCUT2D eigenvalue weighted by Gasteiger charge is 2.12. The summed E-state index contributed by atoms with van der Waals surface area (Å²) in [4.78, 5) is 16.7. The molecule has 1 aromatic heterocycles. The Morgan fingerprint density at radius 3 is 2.95 bits per heavy atom. The largest absolute Gasteiger partial charge is 0.465 e. The molecule has 0 aliphatic rings. The molecule has 1 aromatic carbocycles. The Morgan fingerprint density at radius 1 is 1.53 bits per heavy atom. The van der Waals surface area contributed by atoms with Gasteiger partial charge in [0.2, 0.25) is 0 Å². The Kier molecular flexibility index (Phi) is 4.11. The minimum Gasteiger partial charge on any atom is -0.465 e. The van der Waals surface area contributed by atoms with Gasteiger partial charge in [0.25, 0.3) is 0 Å². The first-order valence-electron chi connectivity index (χ1n) is 5.63. The van der Waals surface area contributed by atoms with Crippen LogP contribution in [0.25, 0.3) is 0 Å². The molecule has 0 bridgehead atoms. The minimum absolute atomic E-state index is 0.310. The third kappa shape index (κ3) is 3.29. The summed E-state index contributed by atoms with van der Waals surface area (Å²) in [6.45, 7) is 2.40. The molecular formula is C13H13FN2O2S. The van der Waals surface area contributed by atoms with Crippen molar-refractivity contribution >= 4 is 23.0 Å². The maximum Gasteiger partial charge on any atom is 0.339 e. The number of carbonyl (C=O) groups excluding carboxylic acids is 1. The predicted octanol–water partition coefficient (Wildman–Crippen LogP) is 2.99. The van der Waals surface area contributed by atoms with Gasteiger partial charge in [-0.2, -0.15) is 0 Å². The normalized spacial score (nSPS) is 10.3. The van der Waals surface area contributed by atoms with Gasteiger partial charge in [-0.25, -0.2) is 14.2 Å². The lowest BCUT2D eigenvalue weighted by Gasteiger charge is -2.09. The molecule has 0 saturated heterocycles. The highest BCUT2D eigenvalue weighted by molar-refractivity contribution is 7.11. The van der Waals surface area contributed by atoms with Gasteiger partial charge in [-0.1, -0.05) is 0 Å². The smallest absolute Gasteiger partial charge is 0.339 e. The Bertz CT molecular complexity index is 598. The van der Waals surface area contributed by atoms with E-state index < -0.39 is 11.8 Å². The molecule has 0 saturated carbocycles. The van der Waals surface area contributed by atoms with E-state index in [1.807, 2.05) is 6.92 Å². The number of hydrogen-bond acceptors (Lipinski definition) is 5. The number of ether oxygens (including phenoxy) is 1. The van der Waals surface area contributed by atoms with Gasteiger partial charge in [-0.15, -0.1) is 11.3 Å². The van der Waals surface area contributed by atoms with Crippen LogP contribution < -0.4 is 5.32 Å². The van der Waals surface area contributed by atoms with Crippen molar-refractivity contribution < 1.29 is 13.9 Å². The Labute approximate surface area is 114 Å². The Balaban J connectivity index is 2.18. The lowest BCUT2D eigenvalue weighted by atomic mass is 10.1. The molecule has 100 valence electrons. The second-order valence-electron chi connectivity index (χ2n) is 3.88. The van der Waals surface area contributed by atoms with Crippen LogP contribution in [0, 0.1) is 12.7 Å². The third-order valence-corrected chi connectivity index (χ3v) is 3.42. The number of rotatable bonds is 4. The number of hydrogen-bond donors (Lipinski definition) is 1. The second kappa shape index (κ2) is 5.79. The fourth-order valence-corrected chi connectivity index (χ4v) is 2.35. The predicted molar refractivity (Wildman–Crippen MR) is 71.9 cm³/mol. The van der Waals surface area contributed by atoms with E-state index in [0.29, 0.717) is 17.8 Å². The summed E-state index contributed by atoms with van der Waals surface area (Å²) in [5, 5.41) is 3.99. The number of aromatic nitrogens is 1. The van der Waals surface area contributed by atoms with Gasteiger partial charge >= 0.3 is 5.97 Å². The molecule has 0 radical (unpaired) electrons. The fraction of sp³-hybridized carbons (Fsp3) is 0.231. The van der Waals surface area contributed by atoms with Crippen LogP contribution in [0.1, 0.15) is 20.2 Å². The van der Waals surface area contributed by atoms with E-state index in [-0.39, 0.29) is 0 Å². The summed E-state index contributed by atoms with van der Waals surface area (Å²) in [5.41, 5.74) is 0.725. The fourth-order valence-electron chi connectivity index (χ4n) is 1.62. The molecular weight excluding hydrogens is 267 g/mol. The zero-order chi connectivity index (χ0) is 13.8. The number of methoxy groups -OCH3 is 1. The topological polar surface area (TPSA) is 51.2 Å². The lowest BCUT2D eigenvalue weighted by molar-refractivity contribution is 0.0602. The van der Waals surface area contributed by atoms with Crippen LogP contribution in [-0.4, -0.2) is 18.1 Å². The van der Waals surface area contributed by atoms with Crippen molar-refractivity contribution in [3.05, 3.63) is 45.7 Å². The number of carbonyl (C=O) groups is 1. The van der Waals surface area contributed by atoms with Gasteiger partial charge in [-0.05, 0) is 25.1 Å². The maximum absolute atomic E-state index is 13.2. The Morgan fingerprint density at radius 2 is 2.32 bits per heavy atom. The number of benzene rings is 1. The van der Waals surface area contributed by atoms with Gasteiger partial charge in [-0.3, -0.25) is 0 Å². The van der Waals surface area contributed by atoms with E-state index in [4.69, 9.17) is 0 Å². The highest BCUT2D eigenvalue weighted by Crippen LogP contribution is 2.20. The summed E-state index contributed by atoms with van der Waals surface area (Å²) >= 11 is 1.55. The number of thiazole rings is 1. The van der Waals surface area contributed by atoms with Crippen molar-refractivity contribution in [2.24, 2.45) is 0 Å². The van der Waals surface area contributed by atoms with E-state index >= 15 is 0 Å². The Hall–Kier alpha value is -1.95. The van der Waals surface area contributed by atoms with Gasteiger partial charge in [0, 0.05) is 11.1 Å². The molecule has 0 unspecified atom stereocenters. The molecule has 19 heavy (non-hydrogen) atoms. The van der Waals surface area contributed by atoms with E-state index in [1.165, 1.54) is 25.3 Å². The molecule has 2 rings (SSSR count). The number of esters is 1. The lowest BCUT2D eigenvalue weighted by Crippen LogP contribution is -2.08. The number of nitrogens with one attached hydrogen (secondary N) is 1. The minimum atomic E-state index is -0.497. The van der Waals surface area contributed by atoms with Crippen LogP contribution >= 0.6 is 11.3 Å². The summed E-state index contributed by atoms with van der Waals surface area (Å²) in [6, 6.07) is 3.91. The molecule has 0 fully saturated rings. The van der Waals surface area contributed by atoms with Crippen molar-refractivity contribution in [2.45, 2.75) is 13.5 Å². The van der Waals surface area contributed by atoms with Gasteiger partial charge < -0.3 is 10.1 Å². The highest BCUT2D eigenvalue weighted by atomic mass is 32.1. The SMILES string of the molecule is COC(=O)c1ccc(F)cc1NCc1cnc(C)s1. The van der Waals surface area contributed by atoms with Crippen LogP contribution in [0.3, 0.4) is 0 Å². The van der Waals surface area contributed by atoms with Gasteiger partial charge in [0.15, 0.2) is 0 Å². The summed E-state index contributed by atoms with van der Waals surface area (Å²) in [7, 11) is 1.29. The van der Waals surface area contributed by atoms with E-state index in [9.17, 15) is 9.18 Å². The molecule has 1 heterocycles. The molecule has 2 aromatic rings. The summed E-state index contributed by atoms with van der Waals surface area (Å²) in [6.07, 6.45) is 1.75.